The van der Waals surface area contributed by atoms with E-state index in [4.69, 9.17) is 0 Å². The number of imidazole rings is 1. The zero-order chi connectivity index (χ0) is 12.9. The summed E-state index contributed by atoms with van der Waals surface area (Å²) in [5.41, 5.74) is 3.31. The van der Waals surface area contributed by atoms with Gasteiger partial charge in [-0.2, -0.15) is 0 Å². The molecule has 3 rings (SSSR count). The summed E-state index contributed by atoms with van der Waals surface area (Å²) in [5.74, 6) is 0. The van der Waals surface area contributed by atoms with Gasteiger partial charge >= 0.3 is 0 Å². The minimum atomic E-state index is 0.794. The van der Waals surface area contributed by atoms with Gasteiger partial charge in [0.15, 0.2) is 0 Å². The van der Waals surface area contributed by atoms with E-state index in [1.807, 2.05) is 41.1 Å². The normalized spacial score (nSPS) is 10.9. The zero-order valence-corrected chi connectivity index (χ0v) is 10.7. The van der Waals surface area contributed by atoms with E-state index in [1.165, 1.54) is 5.56 Å². The monoisotopic (exact) mass is 252 g/mol. The average molecular weight is 252 g/mol. The maximum atomic E-state index is 4.55. The highest BCUT2D eigenvalue weighted by atomic mass is 15.0. The number of nitrogens with zero attached hydrogens (tertiary/aromatic N) is 3. The third-order valence-corrected chi connectivity index (χ3v) is 3.03. The van der Waals surface area contributed by atoms with Crippen LogP contribution in [0.1, 0.15) is 11.3 Å². The van der Waals surface area contributed by atoms with E-state index in [0.29, 0.717) is 0 Å². The summed E-state index contributed by atoms with van der Waals surface area (Å²) in [5, 5.41) is 3.41. The molecule has 3 aromatic rings. The van der Waals surface area contributed by atoms with Crippen LogP contribution in [-0.2, 0) is 13.0 Å². The van der Waals surface area contributed by atoms with Crippen LogP contribution in [0.25, 0.3) is 5.65 Å². The summed E-state index contributed by atoms with van der Waals surface area (Å²) in [6.07, 6.45) is 8.77. The summed E-state index contributed by atoms with van der Waals surface area (Å²) in [4.78, 5) is 8.65. The van der Waals surface area contributed by atoms with Crippen molar-refractivity contribution in [2.75, 3.05) is 6.54 Å². The minimum Gasteiger partial charge on any atom is -0.311 e. The van der Waals surface area contributed by atoms with Gasteiger partial charge in [0.25, 0.3) is 0 Å². The Balaban J connectivity index is 1.52. The van der Waals surface area contributed by atoms with Crippen molar-refractivity contribution in [2.45, 2.75) is 13.0 Å². The molecule has 3 heterocycles. The van der Waals surface area contributed by atoms with Gasteiger partial charge in [-0.1, -0.05) is 12.1 Å². The minimum absolute atomic E-state index is 0.794. The molecule has 96 valence electrons. The Bertz CT molecular complexity index is 612. The Hall–Kier alpha value is -2.20. The Labute approximate surface area is 112 Å². The molecule has 4 nitrogen and oxygen atoms in total. The molecule has 3 aromatic heterocycles. The second-order valence-corrected chi connectivity index (χ2v) is 4.49. The molecule has 0 unspecified atom stereocenters. The largest absolute Gasteiger partial charge is 0.311 e. The number of pyridine rings is 2. The zero-order valence-electron chi connectivity index (χ0n) is 10.7. The van der Waals surface area contributed by atoms with E-state index in [0.717, 1.165) is 30.9 Å². The quantitative estimate of drug-likeness (QED) is 0.707. The van der Waals surface area contributed by atoms with Crippen molar-refractivity contribution in [3.63, 3.8) is 0 Å². The fraction of sp³-hybridized carbons (Fsp3) is 0.200. The molecule has 0 radical (unpaired) electrons. The van der Waals surface area contributed by atoms with Gasteiger partial charge < -0.3 is 9.72 Å². The van der Waals surface area contributed by atoms with Crippen molar-refractivity contribution in [2.24, 2.45) is 0 Å². The van der Waals surface area contributed by atoms with Crippen molar-refractivity contribution >= 4 is 5.65 Å². The first kappa shape index (κ1) is 11.9. The first-order chi connectivity index (χ1) is 9.42. The molecule has 0 aliphatic heterocycles. The highest BCUT2D eigenvalue weighted by Crippen LogP contribution is 2.04. The maximum absolute atomic E-state index is 4.55. The van der Waals surface area contributed by atoms with Crippen LogP contribution in [-0.4, -0.2) is 20.9 Å². The molecular formula is C15H16N4. The molecule has 0 spiro atoms. The van der Waals surface area contributed by atoms with Crippen molar-refractivity contribution in [1.29, 1.82) is 0 Å². The van der Waals surface area contributed by atoms with E-state index >= 15 is 0 Å². The number of aromatic nitrogens is 3. The van der Waals surface area contributed by atoms with Gasteiger partial charge in [0.2, 0.25) is 0 Å². The predicted octanol–water partition coefficient (Wildman–Crippen LogP) is 2.06. The van der Waals surface area contributed by atoms with Crippen LogP contribution in [0.2, 0.25) is 0 Å². The van der Waals surface area contributed by atoms with Gasteiger partial charge in [-0.05, 0) is 36.7 Å². The van der Waals surface area contributed by atoms with E-state index in [2.05, 4.69) is 27.5 Å². The van der Waals surface area contributed by atoms with Gasteiger partial charge in [0.1, 0.15) is 5.65 Å². The molecular weight excluding hydrogens is 236 g/mol. The Morgan fingerprint density at radius 2 is 2.16 bits per heavy atom. The lowest BCUT2D eigenvalue weighted by molar-refractivity contribution is 0.676. The molecule has 0 amide bonds. The molecule has 0 saturated carbocycles. The fourth-order valence-electron chi connectivity index (χ4n) is 2.07. The second kappa shape index (κ2) is 5.63. The molecule has 0 saturated heterocycles. The van der Waals surface area contributed by atoms with Gasteiger partial charge in [-0.3, -0.25) is 4.98 Å². The Kier molecular flexibility index (Phi) is 3.51. The average Bonchev–Trinajstić information content (AvgIpc) is 2.87. The van der Waals surface area contributed by atoms with Gasteiger partial charge in [0.05, 0.1) is 5.69 Å². The van der Waals surface area contributed by atoms with Gasteiger partial charge in [-0.25, -0.2) is 4.98 Å². The number of fused-ring (bicyclic) bond motifs is 1. The summed E-state index contributed by atoms with van der Waals surface area (Å²) in [6, 6.07) is 10.1. The molecule has 1 N–H and O–H groups in total. The summed E-state index contributed by atoms with van der Waals surface area (Å²) >= 11 is 0. The fourth-order valence-corrected chi connectivity index (χ4v) is 2.07. The molecule has 0 atom stereocenters. The van der Waals surface area contributed by atoms with E-state index in [1.54, 1.807) is 6.20 Å². The van der Waals surface area contributed by atoms with Gasteiger partial charge in [0, 0.05) is 31.3 Å². The molecule has 4 heteroatoms. The maximum Gasteiger partial charge on any atom is 0.137 e. The molecule has 0 fully saturated rings. The van der Waals surface area contributed by atoms with Crippen LogP contribution >= 0.6 is 0 Å². The van der Waals surface area contributed by atoms with E-state index in [9.17, 15) is 0 Å². The molecule has 0 aliphatic carbocycles. The summed E-state index contributed by atoms with van der Waals surface area (Å²) in [7, 11) is 0. The first-order valence-corrected chi connectivity index (χ1v) is 6.44. The lowest BCUT2D eigenvalue weighted by Gasteiger charge is -2.02. The smallest absolute Gasteiger partial charge is 0.137 e. The Morgan fingerprint density at radius 3 is 3.00 bits per heavy atom. The number of rotatable bonds is 5. The topological polar surface area (TPSA) is 42.2 Å². The molecule has 19 heavy (non-hydrogen) atoms. The first-order valence-electron chi connectivity index (χ1n) is 6.44. The van der Waals surface area contributed by atoms with Crippen molar-refractivity contribution in [1.82, 2.24) is 19.7 Å². The molecule has 0 bridgehead atoms. The van der Waals surface area contributed by atoms with E-state index in [-0.39, 0.29) is 0 Å². The predicted molar refractivity (Wildman–Crippen MR) is 74.8 cm³/mol. The number of hydrogen-bond acceptors (Lipinski definition) is 3. The second-order valence-electron chi connectivity index (χ2n) is 4.49. The SMILES string of the molecule is c1cncc(CCNCc2cn3ccccc3n2)c1. The lowest BCUT2D eigenvalue weighted by atomic mass is 10.2. The van der Waals surface area contributed by atoms with Crippen LogP contribution in [0, 0.1) is 0 Å². The molecule has 0 aromatic carbocycles. The van der Waals surface area contributed by atoms with E-state index < -0.39 is 0 Å². The third kappa shape index (κ3) is 2.98. The van der Waals surface area contributed by atoms with Crippen LogP contribution in [0.15, 0.2) is 55.1 Å². The third-order valence-electron chi connectivity index (χ3n) is 3.03. The summed E-state index contributed by atoms with van der Waals surface area (Å²) < 4.78 is 2.04. The van der Waals surface area contributed by atoms with Crippen LogP contribution in [0.3, 0.4) is 0 Å². The summed E-state index contributed by atoms with van der Waals surface area (Å²) in [6.45, 7) is 1.72. The number of nitrogens with one attached hydrogen (secondary N) is 1. The standard InChI is InChI=1S/C15H16N4/c1-2-9-19-12-14(18-15(19)5-1)11-17-8-6-13-4-3-7-16-10-13/h1-5,7,9-10,12,17H,6,8,11H2. The Morgan fingerprint density at radius 1 is 1.16 bits per heavy atom. The van der Waals surface area contributed by atoms with Crippen molar-refractivity contribution in [3.8, 4) is 0 Å². The van der Waals surface area contributed by atoms with Crippen LogP contribution < -0.4 is 5.32 Å². The highest BCUT2D eigenvalue weighted by molar-refractivity contribution is 5.39. The molecule has 0 aliphatic rings. The van der Waals surface area contributed by atoms with Crippen molar-refractivity contribution < 1.29 is 0 Å². The highest BCUT2D eigenvalue weighted by Gasteiger charge is 2.00. The van der Waals surface area contributed by atoms with Crippen LogP contribution in [0.4, 0.5) is 0 Å². The van der Waals surface area contributed by atoms with Gasteiger partial charge in [-0.15, -0.1) is 0 Å². The van der Waals surface area contributed by atoms with Crippen LogP contribution in [0.5, 0.6) is 0 Å². The lowest BCUT2D eigenvalue weighted by Crippen LogP contribution is -2.16. The van der Waals surface area contributed by atoms with Crippen molar-refractivity contribution in [3.05, 3.63) is 66.4 Å². The number of hydrogen-bond donors (Lipinski definition) is 1.